The molecule has 1 aliphatic rings. The number of fused-ring (bicyclic) bond motifs is 8. The van der Waals surface area contributed by atoms with Gasteiger partial charge in [-0.3, -0.25) is 4.57 Å². The molecule has 0 fully saturated rings. The van der Waals surface area contributed by atoms with Crippen LogP contribution in [0.2, 0.25) is 0 Å². The molecule has 1 atom stereocenters. The van der Waals surface area contributed by atoms with Gasteiger partial charge in [-0.25, -0.2) is 4.99 Å². The molecule has 1 unspecified atom stereocenters. The quantitative estimate of drug-likeness (QED) is 0.130. The van der Waals surface area contributed by atoms with Crippen molar-refractivity contribution in [3.8, 4) is 16.8 Å². The van der Waals surface area contributed by atoms with Crippen LogP contribution in [-0.4, -0.2) is 15.0 Å². The molecule has 9 aromatic rings. The fraction of sp³-hybridized carbons (Fsp3) is 0.0600. The SMILES string of the molecule is C/C(=N\C(=C1\C=CC=CC1C)c1ccccc1)n1c2ccccc2c2c3ccc(-c4ccc5c6ccccc6n(-c6ccccc6)c5c4)cc3ccc21. The van der Waals surface area contributed by atoms with Crippen LogP contribution in [0, 0.1) is 5.92 Å². The Bertz CT molecular complexity index is 3000. The zero-order chi connectivity index (χ0) is 35.5. The molecule has 1 aliphatic carbocycles. The van der Waals surface area contributed by atoms with E-state index >= 15 is 0 Å². The molecule has 252 valence electrons. The molecule has 0 amide bonds. The molecule has 0 aliphatic heterocycles. The summed E-state index contributed by atoms with van der Waals surface area (Å²) in [5, 5.41) is 7.47. The third kappa shape index (κ3) is 5.08. The molecule has 0 saturated heterocycles. The number of aliphatic imine (C=N–C) groups is 1. The van der Waals surface area contributed by atoms with Crippen molar-refractivity contribution in [3.05, 3.63) is 193 Å². The molecular weight excluding hydrogens is 643 g/mol. The topological polar surface area (TPSA) is 22.2 Å². The minimum atomic E-state index is 0.269. The van der Waals surface area contributed by atoms with Gasteiger partial charge in [-0.15, -0.1) is 0 Å². The van der Waals surface area contributed by atoms with Crippen molar-refractivity contribution in [1.82, 2.24) is 9.13 Å². The molecule has 7 aromatic carbocycles. The maximum Gasteiger partial charge on any atom is 0.111 e. The van der Waals surface area contributed by atoms with Gasteiger partial charge in [0.2, 0.25) is 0 Å². The first kappa shape index (κ1) is 31.1. The van der Waals surface area contributed by atoms with Crippen LogP contribution in [0.1, 0.15) is 19.4 Å². The van der Waals surface area contributed by atoms with Crippen LogP contribution in [0.15, 0.2) is 193 Å². The molecule has 2 heterocycles. The second-order valence-corrected chi connectivity index (χ2v) is 14.0. The number of nitrogens with zero attached hydrogens (tertiary/aromatic N) is 3. The Morgan fingerprint density at radius 3 is 2.00 bits per heavy atom. The Hall–Kier alpha value is -6.71. The molecule has 0 radical (unpaired) electrons. The maximum absolute atomic E-state index is 5.44. The Kier molecular flexibility index (Phi) is 7.33. The predicted molar refractivity (Wildman–Crippen MR) is 226 cm³/mol. The normalized spacial score (nSPS) is 15.7. The number of hydrogen-bond acceptors (Lipinski definition) is 1. The molecule has 10 rings (SSSR count). The zero-order valence-electron chi connectivity index (χ0n) is 29.7. The Morgan fingerprint density at radius 1 is 0.547 bits per heavy atom. The summed E-state index contributed by atoms with van der Waals surface area (Å²) in [6.07, 6.45) is 8.69. The van der Waals surface area contributed by atoms with Crippen molar-refractivity contribution in [3.63, 3.8) is 0 Å². The van der Waals surface area contributed by atoms with E-state index in [9.17, 15) is 0 Å². The fourth-order valence-electron chi connectivity index (χ4n) is 8.37. The average molecular weight is 680 g/mol. The largest absolute Gasteiger partial charge is 0.309 e. The van der Waals surface area contributed by atoms with E-state index < -0.39 is 0 Å². The number of rotatable bonds is 4. The van der Waals surface area contributed by atoms with Gasteiger partial charge in [0.05, 0.1) is 27.8 Å². The van der Waals surface area contributed by atoms with Crippen molar-refractivity contribution < 1.29 is 0 Å². The van der Waals surface area contributed by atoms with Gasteiger partial charge in [-0.05, 0) is 76.9 Å². The first-order valence-electron chi connectivity index (χ1n) is 18.4. The number of aromatic nitrogens is 2. The van der Waals surface area contributed by atoms with Crippen LogP contribution in [0.3, 0.4) is 0 Å². The highest BCUT2D eigenvalue weighted by Gasteiger charge is 2.19. The maximum atomic E-state index is 5.44. The molecule has 2 aromatic heterocycles. The summed E-state index contributed by atoms with van der Waals surface area (Å²) in [4.78, 5) is 5.44. The van der Waals surface area contributed by atoms with Gasteiger partial charge in [-0.1, -0.05) is 146 Å². The summed E-state index contributed by atoms with van der Waals surface area (Å²) in [6, 6.07) is 57.1. The number of allylic oxidation sites excluding steroid dienone is 5. The van der Waals surface area contributed by atoms with E-state index in [-0.39, 0.29) is 5.92 Å². The Labute approximate surface area is 308 Å². The van der Waals surface area contributed by atoms with Crippen molar-refractivity contribution in [2.24, 2.45) is 10.9 Å². The minimum absolute atomic E-state index is 0.269. The first-order valence-corrected chi connectivity index (χ1v) is 18.4. The van der Waals surface area contributed by atoms with E-state index in [4.69, 9.17) is 4.99 Å². The van der Waals surface area contributed by atoms with E-state index in [1.807, 2.05) is 0 Å². The highest BCUT2D eigenvalue weighted by Crippen LogP contribution is 2.39. The fourth-order valence-corrected chi connectivity index (χ4v) is 8.37. The highest BCUT2D eigenvalue weighted by atomic mass is 15.1. The second kappa shape index (κ2) is 12.5. The molecular formula is C50H37N3. The van der Waals surface area contributed by atoms with E-state index in [2.05, 4.69) is 205 Å². The van der Waals surface area contributed by atoms with Crippen LogP contribution in [0.5, 0.6) is 0 Å². The van der Waals surface area contributed by atoms with Gasteiger partial charge in [-0.2, -0.15) is 0 Å². The van der Waals surface area contributed by atoms with E-state index in [1.165, 1.54) is 65.7 Å². The predicted octanol–water partition coefficient (Wildman–Crippen LogP) is 13.2. The molecule has 3 nitrogen and oxygen atoms in total. The van der Waals surface area contributed by atoms with Gasteiger partial charge in [0, 0.05) is 38.7 Å². The molecule has 0 bridgehead atoms. The summed E-state index contributed by atoms with van der Waals surface area (Å²) in [7, 11) is 0. The van der Waals surface area contributed by atoms with Crippen LogP contribution in [0.25, 0.3) is 76.9 Å². The van der Waals surface area contributed by atoms with Gasteiger partial charge in [0.15, 0.2) is 0 Å². The monoisotopic (exact) mass is 679 g/mol. The van der Waals surface area contributed by atoms with E-state index in [0.717, 1.165) is 28.1 Å². The summed E-state index contributed by atoms with van der Waals surface area (Å²) < 4.78 is 4.73. The number of hydrogen-bond donors (Lipinski definition) is 0. The molecule has 0 N–H and O–H groups in total. The van der Waals surface area contributed by atoms with Gasteiger partial charge >= 0.3 is 0 Å². The molecule has 0 spiro atoms. The summed E-state index contributed by atoms with van der Waals surface area (Å²) in [6.45, 7) is 4.38. The lowest BCUT2D eigenvalue weighted by Gasteiger charge is -2.17. The van der Waals surface area contributed by atoms with Gasteiger partial charge in [0.1, 0.15) is 5.84 Å². The average Bonchev–Trinajstić information content (AvgIpc) is 3.73. The molecule has 0 saturated carbocycles. The van der Waals surface area contributed by atoms with Crippen LogP contribution >= 0.6 is 0 Å². The van der Waals surface area contributed by atoms with E-state index in [1.54, 1.807) is 0 Å². The lowest BCUT2D eigenvalue weighted by atomic mass is 9.92. The summed E-state index contributed by atoms with van der Waals surface area (Å²) in [5.74, 6) is 1.21. The van der Waals surface area contributed by atoms with Crippen LogP contribution in [-0.2, 0) is 0 Å². The van der Waals surface area contributed by atoms with Crippen LogP contribution < -0.4 is 0 Å². The van der Waals surface area contributed by atoms with Crippen molar-refractivity contribution in [2.75, 3.05) is 0 Å². The number of para-hydroxylation sites is 3. The van der Waals surface area contributed by atoms with E-state index in [0.29, 0.717) is 0 Å². The van der Waals surface area contributed by atoms with Crippen molar-refractivity contribution >= 4 is 65.9 Å². The zero-order valence-corrected chi connectivity index (χ0v) is 29.7. The summed E-state index contributed by atoms with van der Waals surface area (Å²) in [5.41, 5.74) is 11.7. The Morgan fingerprint density at radius 2 is 1.21 bits per heavy atom. The first-order chi connectivity index (χ1) is 26.1. The van der Waals surface area contributed by atoms with Crippen molar-refractivity contribution in [2.45, 2.75) is 13.8 Å². The lowest BCUT2D eigenvalue weighted by Crippen LogP contribution is -2.09. The number of benzene rings is 7. The second-order valence-electron chi connectivity index (χ2n) is 14.0. The smallest absolute Gasteiger partial charge is 0.111 e. The van der Waals surface area contributed by atoms with Gasteiger partial charge in [0.25, 0.3) is 0 Å². The standard InChI is InChI=1S/C50H37N3/c1-33-15-9-10-20-40(33)50(35-16-5-3-6-17-35)51-34(2)52-46-24-14-12-22-44(46)49-41-28-25-36(31-38(41)27-30-47(49)52)37-26-29-43-42-21-11-13-23-45(42)53(48(43)32-37)39-18-7-4-8-19-39/h3-33H,1-2H3/b50-40-,51-34+. The minimum Gasteiger partial charge on any atom is -0.309 e. The lowest BCUT2D eigenvalue weighted by molar-refractivity contribution is 0.883. The molecule has 53 heavy (non-hydrogen) atoms. The van der Waals surface area contributed by atoms with Crippen molar-refractivity contribution in [1.29, 1.82) is 0 Å². The summed E-state index contributed by atoms with van der Waals surface area (Å²) >= 11 is 0. The van der Waals surface area contributed by atoms with Gasteiger partial charge < -0.3 is 4.57 Å². The third-order valence-corrected chi connectivity index (χ3v) is 10.9. The van der Waals surface area contributed by atoms with Crippen LogP contribution in [0.4, 0.5) is 0 Å². The third-order valence-electron chi connectivity index (χ3n) is 10.9. The highest BCUT2D eigenvalue weighted by molar-refractivity contribution is 6.24. The Balaban J connectivity index is 1.14. The molecule has 3 heteroatoms.